The molecule has 0 radical (unpaired) electrons. The van der Waals surface area contributed by atoms with Gasteiger partial charge < -0.3 is 61.5 Å². The van der Waals surface area contributed by atoms with Crippen molar-refractivity contribution in [3.8, 4) is 34.0 Å². The first-order chi connectivity index (χ1) is 42.8. The molecular weight excluding hydrogens is 1340 g/mol. The minimum Gasteiger partial charge on any atom is -0.489 e. The number of hydrogen-bond acceptors (Lipinski definition) is 22. The second kappa shape index (κ2) is 26.7. The highest BCUT2D eigenvalue weighted by atomic mass is 79.9. The molecule has 4 aromatic heterocycles. The van der Waals surface area contributed by atoms with Crippen LogP contribution >= 0.6 is 85.0 Å². The summed E-state index contributed by atoms with van der Waals surface area (Å²) >= 11 is 31.8. The van der Waals surface area contributed by atoms with Gasteiger partial charge in [0.2, 0.25) is 0 Å². The third-order valence-electron chi connectivity index (χ3n) is 15.6. The Bertz CT molecular complexity index is 3940. The first-order valence-corrected chi connectivity index (χ1v) is 32.6. The van der Waals surface area contributed by atoms with Crippen molar-refractivity contribution < 1.29 is 75.9 Å². The van der Waals surface area contributed by atoms with Crippen LogP contribution in [0.3, 0.4) is 0 Å². The van der Waals surface area contributed by atoms with Crippen LogP contribution in [0.15, 0.2) is 73.6 Å². The first kappa shape index (κ1) is 63.8. The Morgan fingerprint density at radius 1 is 0.674 bits per heavy atom. The number of aromatic nitrogens is 4. The van der Waals surface area contributed by atoms with Gasteiger partial charge in [-0.2, -0.15) is 0 Å². The van der Waals surface area contributed by atoms with Crippen molar-refractivity contribution in [1.82, 2.24) is 20.3 Å². The number of aliphatic hydroxyl groups is 1. The van der Waals surface area contributed by atoms with Crippen molar-refractivity contribution in [2.45, 2.75) is 133 Å². The van der Waals surface area contributed by atoms with Gasteiger partial charge in [-0.25, -0.2) is 19.6 Å². The van der Waals surface area contributed by atoms with Gasteiger partial charge in [0.25, 0.3) is 0 Å². The molecule has 0 bridgehead atoms. The van der Waals surface area contributed by atoms with E-state index in [0.29, 0.717) is 93.0 Å². The third kappa shape index (κ3) is 13.2. The highest BCUT2D eigenvalue weighted by Gasteiger charge is 2.59. The maximum absolute atomic E-state index is 12.3. The minimum absolute atomic E-state index is 0.0153. The van der Waals surface area contributed by atoms with Crippen molar-refractivity contribution in [2.24, 2.45) is 0 Å². The van der Waals surface area contributed by atoms with Gasteiger partial charge in [0, 0.05) is 34.1 Å². The number of carbonyl (C=O) groups excluding carboxylic acids is 3. The number of thiazole rings is 2. The van der Waals surface area contributed by atoms with Gasteiger partial charge in [-0.05, 0) is 118 Å². The van der Waals surface area contributed by atoms with Crippen molar-refractivity contribution in [2.75, 3.05) is 40.6 Å². The number of hydrogen-bond donors (Lipinski definition) is 1. The molecule has 1 N–H and O–H groups in total. The van der Waals surface area contributed by atoms with Crippen LogP contribution in [0.25, 0.3) is 42.9 Å². The normalized spacial score (nSPS) is 22.7. The summed E-state index contributed by atoms with van der Waals surface area (Å²) in [7, 11) is 2.68. The lowest BCUT2D eigenvalue weighted by molar-refractivity contribution is -0.125. The zero-order valence-electron chi connectivity index (χ0n) is 48.7. The van der Waals surface area contributed by atoms with Gasteiger partial charge in [-0.1, -0.05) is 68.8 Å². The van der Waals surface area contributed by atoms with Crippen LogP contribution in [-0.2, 0) is 61.5 Å². The van der Waals surface area contributed by atoms with E-state index in [9.17, 15) is 19.5 Å². The Kier molecular flexibility index (Phi) is 19.1. The third-order valence-corrected chi connectivity index (χ3v) is 19.4. The molecule has 0 unspecified atom stereocenters. The van der Waals surface area contributed by atoms with Crippen molar-refractivity contribution in [3.63, 3.8) is 0 Å². The quantitative estimate of drug-likeness (QED) is 0.0833. The van der Waals surface area contributed by atoms with E-state index in [1.807, 2.05) is 27.7 Å². The Hall–Kier alpha value is -5.35. The molecule has 8 aromatic rings. The number of fused-ring (bicyclic) bond motifs is 4. The van der Waals surface area contributed by atoms with Gasteiger partial charge in [0.05, 0.1) is 100 Å². The molecule has 7 atom stereocenters. The second-order valence-corrected chi connectivity index (χ2v) is 27.5. The predicted molar refractivity (Wildman–Crippen MR) is 334 cm³/mol. The summed E-state index contributed by atoms with van der Waals surface area (Å²) in [5.41, 5.74) is 4.62. The average molecular weight is 1400 g/mol. The number of halogens is 5. The fourth-order valence-electron chi connectivity index (χ4n) is 11.1. The minimum atomic E-state index is -1.53. The van der Waals surface area contributed by atoms with Gasteiger partial charge in [0.1, 0.15) is 93.7 Å². The van der Waals surface area contributed by atoms with Crippen LogP contribution in [0.4, 0.5) is 0 Å². The predicted octanol–water partition coefficient (Wildman–Crippen LogP) is 13.7. The molecule has 8 heterocycles. The standard InChI is InChI=1S/C31H30Cl2N2O8S.C19H17Cl2NO5.C12H12BrNO3S/c1-14(2)42-20-9-16(29(36)38-3)10-22-25(20)34-30(44-22)31(37)13-41-27-21(12-40-28(27)31)39-11-17-24(35-43-26(17)15-7-8-15)23-18(32)5-4-6-19(23)33;20-11-2-1-3-12(21)15(11)16-10(17(27-22-16)9-4-5-9)6-24-14-8-26-18-13(23)7-25-19(14)18;1-6(2)17-8-4-7(11(15)16-3)5-9-10(8)14-12(13)18-9/h4-6,9-10,14-15,21,27-28,37H,7-8,11-13H2,1-3H3;1-3,9,14,18-19H,4-8H2;4-6H,1-3H3/t21-,27-,28+,31-;14-,18+,19+;/m10./s1. The number of ether oxygens (including phenoxy) is 10. The van der Waals surface area contributed by atoms with Gasteiger partial charge >= 0.3 is 11.9 Å². The second-order valence-electron chi connectivity index (χ2n) is 22.6. The topological polar surface area (TPSA) is 242 Å². The van der Waals surface area contributed by atoms with Crippen molar-refractivity contribution in [3.05, 3.63) is 123 Å². The van der Waals surface area contributed by atoms with E-state index in [1.54, 1.807) is 60.7 Å². The van der Waals surface area contributed by atoms with Crippen LogP contribution in [-0.4, -0.2) is 133 Å². The summed E-state index contributed by atoms with van der Waals surface area (Å²) in [6.07, 6.45) is 1.11. The number of benzene rings is 4. The van der Waals surface area contributed by atoms with E-state index >= 15 is 0 Å². The number of Topliss-reactive ketones (excluding diaryl/α,β-unsaturated/α-hetero) is 1. The number of rotatable bonds is 17. The van der Waals surface area contributed by atoms with E-state index in [2.05, 4.69) is 31.2 Å². The molecule has 6 aliphatic rings. The van der Waals surface area contributed by atoms with Crippen LogP contribution in [0.5, 0.6) is 11.5 Å². The highest BCUT2D eigenvalue weighted by molar-refractivity contribution is 9.11. The number of esters is 2. The van der Waals surface area contributed by atoms with Crippen molar-refractivity contribution in [1.29, 1.82) is 0 Å². The summed E-state index contributed by atoms with van der Waals surface area (Å²) < 4.78 is 70.8. The maximum atomic E-state index is 12.3. The van der Waals surface area contributed by atoms with E-state index in [0.717, 1.165) is 62.5 Å². The molecule has 470 valence electrons. The van der Waals surface area contributed by atoms with Crippen molar-refractivity contribution >= 4 is 123 Å². The Morgan fingerprint density at radius 3 is 1.65 bits per heavy atom. The molecule has 6 fully saturated rings. The van der Waals surface area contributed by atoms with Crippen LogP contribution in [0, 0.1) is 0 Å². The van der Waals surface area contributed by atoms with E-state index in [-0.39, 0.29) is 75.1 Å². The zero-order valence-corrected chi connectivity index (χ0v) is 54.9. The van der Waals surface area contributed by atoms with Crippen LogP contribution in [0.2, 0.25) is 20.1 Å². The lowest BCUT2D eigenvalue weighted by atomic mass is 9.96. The highest BCUT2D eigenvalue weighted by Crippen LogP contribution is 2.50. The summed E-state index contributed by atoms with van der Waals surface area (Å²) in [6.45, 7) is 8.66. The Labute approximate surface area is 546 Å². The maximum Gasteiger partial charge on any atom is 0.338 e. The molecule has 27 heteroatoms. The number of methoxy groups -OCH3 is 2. The summed E-state index contributed by atoms with van der Waals surface area (Å²) in [4.78, 5) is 44.8. The fourth-order valence-corrected chi connectivity index (χ4v) is 14.8. The molecule has 2 aliphatic carbocycles. The average Bonchev–Trinajstić information content (AvgIpc) is 1.60. The van der Waals surface area contributed by atoms with Gasteiger partial charge in [-0.15, -0.1) is 22.7 Å². The Morgan fingerprint density at radius 2 is 1.16 bits per heavy atom. The molecule has 4 aliphatic heterocycles. The monoisotopic (exact) mass is 1400 g/mol. The Balaban J connectivity index is 0.000000145. The molecule has 2 saturated carbocycles. The van der Waals surface area contributed by atoms with E-state index in [1.165, 1.54) is 36.9 Å². The summed E-state index contributed by atoms with van der Waals surface area (Å²) in [5.74, 6) is 2.36. The first-order valence-electron chi connectivity index (χ1n) is 28.7. The SMILES string of the molecule is COC(=O)c1cc(OC(C)C)c2nc(Br)sc2c1.COC(=O)c1cc(OC(C)C)c2nc([C@@]3(O)CO[C@@H]4[C@H](OCc5c(-c6c(Cl)cccc6Cl)noc5C5CC5)CO[C@@H]43)sc2c1.O=C1CO[C@@H]2[C@@H](OCc3c(-c4c(Cl)cccc4Cl)noc3C3CC3)CO[C@H]12. The number of nitrogens with zero attached hydrogens (tertiary/aromatic N) is 4. The van der Waals surface area contributed by atoms with E-state index in [4.69, 9.17) is 108 Å². The summed E-state index contributed by atoms with van der Waals surface area (Å²) in [6, 6.07) is 17.4. The molecule has 4 aromatic carbocycles. The molecule has 0 spiro atoms. The fraction of sp³-hybridized carbons (Fsp3) is 0.435. The van der Waals surface area contributed by atoms with Gasteiger partial charge in [-0.3, -0.25) is 4.79 Å². The molecule has 0 amide bonds. The molecular formula is C62H59BrCl4N4O16S2. The van der Waals surface area contributed by atoms with Crippen LogP contribution in [0.1, 0.15) is 114 Å². The van der Waals surface area contributed by atoms with E-state index < -0.39 is 36.0 Å². The molecule has 89 heavy (non-hydrogen) atoms. The molecule has 14 rings (SSSR count). The number of ketones is 1. The lowest BCUT2D eigenvalue weighted by Crippen LogP contribution is -2.41. The largest absolute Gasteiger partial charge is 0.489 e. The molecule has 4 saturated heterocycles. The zero-order chi connectivity index (χ0) is 62.6. The summed E-state index contributed by atoms with van der Waals surface area (Å²) in [5, 5.41) is 22.9. The molecule has 20 nitrogen and oxygen atoms in total. The lowest BCUT2D eigenvalue weighted by Gasteiger charge is -2.24. The van der Waals surface area contributed by atoms with Gasteiger partial charge in [0.15, 0.2) is 15.3 Å². The van der Waals surface area contributed by atoms with Crippen LogP contribution < -0.4 is 9.47 Å². The number of carbonyl (C=O) groups is 3. The smallest absolute Gasteiger partial charge is 0.338 e.